The SMILES string of the molecule is CCCCCCCCCCCCCCCCCCCCCCC(=O)O[C@H](COC(=O)CCCCCCCCCCCCCCCCC)COP(=O)(O)OC[C@@H](O)COP(=O)(O)OC[C@@H](COC(=O)CCCCCCCCCCC)OC(=O)CCCCCCCCCCCCC(C)C. The average molecular weight is 1420 g/mol. The monoisotopic (exact) mass is 1420 g/mol. The van der Waals surface area contributed by atoms with Crippen molar-refractivity contribution in [2.45, 2.75) is 432 Å². The number of carbonyl (C=O) groups excluding carboxylic acids is 4. The van der Waals surface area contributed by atoms with Crippen LogP contribution >= 0.6 is 15.6 Å². The topological polar surface area (TPSA) is 237 Å². The van der Waals surface area contributed by atoms with Gasteiger partial charge in [0.05, 0.1) is 26.4 Å². The van der Waals surface area contributed by atoms with Crippen molar-refractivity contribution in [3.63, 3.8) is 0 Å². The van der Waals surface area contributed by atoms with Gasteiger partial charge in [0.1, 0.15) is 19.3 Å². The number of hydrogen-bond acceptors (Lipinski definition) is 15. The number of phosphoric acid groups is 2. The lowest BCUT2D eigenvalue weighted by atomic mass is 10.0. The molecule has 0 saturated heterocycles. The molecule has 5 atom stereocenters. The zero-order chi connectivity index (χ0) is 71.2. The Hall–Kier alpha value is -1.94. The maximum atomic E-state index is 13.1. The van der Waals surface area contributed by atoms with Crippen LogP contribution in [0.2, 0.25) is 0 Å². The Bertz CT molecular complexity index is 1860. The molecule has 0 heterocycles. The summed E-state index contributed by atoms with van der Waals surface area (Å²) in [6.07, 6.45) is 61.1. The first kappa shape index (κ1) is 95.1. The molecule has 0 saturated carbocycles. The fourth-order valence-electron chi connectivity index (χ4n) is 12.1. The van der Waals surface area contributed by atoms with Gasteiger partial charge < -0.3 is 33.8 Å². The molecule has 0 fully saturated rings. The molecule has 19 heteroatoms. The first-order valence-electron chi connectivity index (χ1n) is 40.6. The van der Waals surface area contributed by atoms with Gasteiger partial charge in [-0.2, -0.15) is 0 Å². The maximum absolute atomic E-state index is 13.1. The van der Waals surface area contributed by atoms with Crippen LogP contribution in [0.4, 0.5) is 0 Å². The van der Waals surface area contributed by atoms with Gasteiger partial charge >= 0.3 is 39.5 Å². The molecular weight excluding hydrogens is 1270 g/mol. The van der Waals surface area contributed by atoms with Crippen molar-refractivity contribution in [1.29, 1.82) is 0 Å². The zero-order valence-electron chi connectivity index (χ0n) is 63.2. The van der Waals surface area contributed by atoms with Crippen molar-refractivity contribution in [2.75, 3.05) is 39.6 Å². The van der Waals surface area contributed by atoms with Crippen molar-refractivity contribution in [3.8, 4) is 0 Å². The quantitative estimate of drug-likeness (QED) is 0.0222. The van der Waals surface area contributed by atoms with Gasteiger partial charge in [0.25, 0.3) is 0 Å². The summed E-state index contributed by atoms with van der Waals surface area (Å²) >= 11 is 0. The summed E-state index contributed by atoms with van der Waals surface area (Å²) in [5.41, 5.74) is 0. The number of aliphatic hydroxyl groups is 1. The number of esters is 4. The van der Waals surface area contributed by atoms with E-state index in [1.165, 1.54) is 238 Å². The minimum Gasteiger partial charge on any atom is -0.462 e. The molecule has 0 aliphatic rings. The summed E-state index contributed by atoms with van der Waals surface area (Å²) in [5.74, 6) is -1.36. The number of unbranched alkanes of at least 4 members (excludes halogenated alkanes) is 50. The van der Waals surface area contributed by atoms with Crippen LogP contribution in [-0.4, -0.2) is 96.7 Å². The van der Waals surface area contributed by atoms with Gasteiger partial charge in [-0.1, -0.05) is 362 Å². The van der Waals surface area contributed by atoms with Gasteiger partial charge in [0, 0.05) is 25.7 Å². The van der Waals surface area contributed by atoms with E-state index in [0.717, 1.165) is 95.8 Å². The summed E-state index contributed by atoms with van der Waals surface area (Å²) in [6, 6.07) is 0. The Morgan fingerprint density at radius 2 is 0.474 bits per heavy atom. The second-order valence-corrected chi connectivity index (χ2v) is 31.5. The van der Waals surface area contributed by atoms with E-state index in [0.29, 0.717) is 25.7 Å². The first-order chi connectivity index (χ1) is 47.0. The molecule has 0 rings (SSSR count). The van der Waals surface area contributed by atoms with Crippen molar-refractivity contribution in [1.82, 2.24) is 0 Å². The van der Waals surface area contributed by atoms with Crippen LogP contribution in [0, 0.1) is 5.92 Å². The Labute approximate surface area is 594 Å². The number of phosphoric ester groups is 2. The normalized spacial score (nSPS) is 13.9. The maximum Gasteiger partial charge on any atom is 0.472 e. The second kappa shape index (κ2) is 71.1. The van der Waals surface area contributed by atoms with Crippen LogP contribution in [0.15, 0.2) is 0 Å². The zero-order valence-corrected chi connectivity index (χ0v) is 65.0. The molecule has 0 aromatic carbocycles. The highest BCUT2D eigenvalue weighted by molar-refractivity contribution is 7.47. The molecule has 0 radical (unpaired) electrons. The van der Waals surface area contributed by atoms with E-state index < -0.39 is 97.5 Å². The molecule has 3 N–H and O–H groups in total. The molecular formula is C78H152O17P2. The van der Waals surface area contributed by atoms with Crippen LogP contribution < -0.4 is 0 Å². The van der Waals surface area contributed by atoms with Gasteiger partial charge in [-0.05, 0) is 31.6 Å². The highest BCUT2D eigenvalue weighted by atomic mass is 31.2. The molecule has 0 bridgehead atoms. The second-order valence-electron chi connectivity index (χ2n) is 28.6. The first-order valence-corrected chi connectivity index (χ1v) is 43.6. The Balaban J connectivity index is 5.21. The molecule has 576 valence electrons. The number of rotatable bonds is 78. The third kappa shape index (κ3) is 72.2. The molecule has 0 spiro atoms. The van der Waals surface area contributed by atoms with E-state index in [1.807, 2.05) is 0 Å². The molecule has 97 heavy (non-hydrogen) atoms. The third-order valence-electron chi connectivity index (χ3n) is 18.3. The van der Waals surface area contributed by atoms with E-state index in [-0.39, 0.29) is 25.7 Å². The Morgan fingerprint density at radius 1 is 0.278 bits per heavy atom. The lowest BCUT2D eigenvalue weighted by molar-refractivity contribution is -0.161. The minimum atomic E-state index is -4.96. The third-order valence-corrected chi connectivity index (χ3v) is 20.2. The van der Waals surface area contributed by atoms with Crippen LogP contribution in [0.1, 0.15) is 413 Å². The molecule has 0 aliphatic carbocycles. The van der Waals surface area contributed by atoms with E-state index in [1.54, 1.807) is 0 Å². The predicted molar refractivity (Wildman–Crippen MR) is 395 cm³/mol. The van der Waals surface area contributed by atoms with Crippen molar-refractivity contribution in [3.05, 3.63) is 0 Å². The Morgan fingerprint density at radius 3 is 0.701 bits per heavy atom. The van der Waals surface area contributed by atoms with Crippen molar-refractivity contribution in [2.24, 2.45) is 5.92 Å². The van der Waals surface area contributed by atoms with Gasteiger partial charge in [0.2, 0.25) is 0 Å². The number of ether oxygens (including phenoxy) is 4. The standard InChI is InChI=1S/C78H152O17P2/c1-6-9-12-15-18-21-23-25-27-28-29-30-31-33-35-37-43-48-53-58-63-77(82)94-74(68-89-76(81)62-57-52-47-42-36-34-32-26-24-22-19-16-13-10-7-2)70-93-97(86,87)91-66-72(79)65-90-96(84,85)92-69-73(67-88-75(80)61-56-51-46-40-20-17-14-11-8-3)95-78(83)64-59-54-49-44-39-38-41-45-50-55-60-71(4)5/h71-74,79H,6-70H2,1-5H3,(H,84,85)(H,86,87)/t72-,73+,74+/m0/s1. The van der Waals surface area contributed by atoms with E-state index >= 15 is 0 Å². The largest absolute Gasteiger partial charge is 0.472 e. The Kier molecular flexibility index (Phi) is 69.6. The predicted octanol–water partition coefficient (Wildman–Crippen LogP) is 23.3. The number of aliphatic hydroxyl groups excluding tert-OH is 1. The summed E-state index contributed by atoms with van der Waals surface area (Å²) in [7, 11) is -9.91. The molecule has 17 nitrogen and oxygen atoms in total. The summed E-state index contributed by atoms with van der Waals surface area (Å²) < 4.78 is 68.6. The van der Waals surface area contributed by atoms with E-state index in [4.69, 9.17) is 37.0 Å². The molecule has 0 aliphatic heterocycles. The van der Waals surface area contributed by atoms with E-state index in [2.05, 4.69) is 34.6 Å². The van der Waals surface area contributed by atoms with Gasteiger partial charge in [-0.3, -0.25) is 37.3 Å². The van der Waals surface area contributed by atoms with E-state index in [9.17, 15) is 43.2 Å². The summed E-state index contributed by atoms with van der Waals surface area (Å²) in [6.45, 7) is 7.28. The smallest absolute Gasteiger partial charge is 0.462 e. The summed E-state index contributed by atoms with van der Waals surface area (Å²) in [4.78, 5) is 72.8. The minimum absolute atomic E-state index is 0.106. The molecule has 0 amide bonds. The van der Waals surface area contributed by atoms with Crippen molar-refractivity contribution >= 4 is 39.5 Å². The highest BCUT2D eigenvalue weighted by Crippen LogP contribution is 2.45. The van der Waals surface area contributed by atoms with Gasteiger partial charge in [0.15, 0.2) is 12.2 Å². The lowest BCUT2D eigenvalue weighted by Crippen LogP contribution is -2.30. The molecule has 0 aromatic rings. The fraction of sp³-hybridized carbons (Fsp3) is 0.949. The highest BCUT2D eigenvalue weighted by Gasteiger charge is 2.30. The van der Waals surface area contributed by atoms with Crippen LogP contribution in [0.5, 0.6) is 0 Å². The number of carbonyl (C=O) groups is 4. The molecule has 0 aromatic heterocycles. The van der Waals surface area contributed by atoms with Crippen LogP contribution in [0.3, 0.4) is 0 Å². The van der Waals surface area contributed by atoms with Gasteiger partial charge in [-0.15, -0.1) is 0 Å². The fourth-order valence-corrected chi connectivity index (χ4v) is 13.6. The van der Waals surface area contributed by atoms with Crippen LogP contribution in [0.25, 0.3) is 0 Å². The van der Waals surface area contributed by atoms with Crippen molar-refractivity contribution < 1.29 is 80.2 Å². The van der Waals surface area contributed by atoms with Crippen LogP contribution in [-0.2, 0) is 65.4 Å². The average Bonchev–Trinajstić information content (AvgIpc) is 1.31. The summed E-state index contributed by atoms with van der Waals surface area (Å²) in [5, 5.41) is 10.6. The molecule has 2 unspecified atom stereocenters. The lowest BCUT2D eigenvalue weighted by Gasteiger charge is -2.21. The number of hydrogen-bond donors (Lipinski definition) is 3. The van der Waals surface area contributed by atoms with Gasteiger partial charge in [-0.25, -0.2) is 9.13 Å².